The van der Waals surface area contributed by atoms with Gasteiger partial charge in [0.2, 0.25) is 0 Å². The van der Waals surface area contributed by atoms with Crippen LogP contribution in [-0.4, -0.2) is 19.3 Å². The van der Waals surface area contributed by atoms with Gasteiger partial charge < -0.3 is 14.6 Å². The van der Waals surface area contributed by atoms with Gasteiger partial charge in [-0.25, -0.2) is 8.78 Å². The molecule has 3 aromatic carbocycles. The highest BCUT2D eigenvalue weighted by Crippen LogP contribution is 2.39. The lowest BCUT2D eigenvalue weighted by atomic mass is 9.80. The van der Waals surface area contributed by atoms with Crippen LogP contribution >= 0.6 is 0 Å². The molecule has 0 radical (unpaired) electrons. The Balaban J connectivity index is 2.24. The first-order valence-corrected chi connectivity index (χ1v) is 7.96. The van der Waals surface area contributed by atoms with Crippen molar-refractivity contribution in [3.8, 4) is 11.5 Å². The highest BCUT2D eigenvalue weighted by atomic mass is 19.1. The minimum atomic E-state index is -1.75. The second-order valence-electron chi connectivity index (χ2n) is 5.78. The predicted molar refractivity (Wildman–Crippen MR) is 94.4 cm³/mol. The minimum Gasteiger partial charge on any atom is -0.494 e. The molecule has 134 valence electrons. The van der Waals surface area contributed by atoms with Gasteiger partial charge in [0.25, 0.3) is 0 Å². The summed E-state index contributed by atoms with van der Waals surface area (Å²) in [5, 5.41) is 11.6. The van der Waals surface area contributed by atoms with Crippen LogP contribution in [0.2, 0.25) is 0 Å². The lowest BCUT2D eigenvalue weighted by Crippen LogP contribution is -2.29. The summed E-state index contributed by atoms with van der Waals surface area (Å²) in [6.45, 7) is 0. The SMILES string of the molecule is COc1ccc(C(O)(c2ccccc2)c2ccc(OC)c(F)c2)cc1F. The molecule has 26 heavy (non-hydrogen) atoms. The molecule has 3 nitrogen and oxygen atoms in total. The Morgan fingerprint density at radius 2 is 1.15 bits per heavy atom. The fraction of sp³-hybridized carbons (Fsp3) is 0.143. The Kier molecular flexibility index (Phi) is 4.91. The topological polar surface area (TPSA) is 38.7 Å². The Morgan fingerprint density at radius 3 is 1.54 bits per heavy atom. The van der Waals surface area contributed by atoms with Gasteiger partial charge in [-0.1, -0.05) is 42.5 Å². The van der Waals surface area contributed by atoms with Gasteiger partial charge in [-0.2, -0.15) is 0 Å². The van der Waals surface area contributed by atoms with E-state index in [1.54, 1.807) is 42.5 Å². The predicted octanol–water partition coefficient (Wildman–Crippen LogP) is 4.27. The molecule has 0 aliphatic rings. The number of aliphatic hydroxyl groups is 1. The number of ether oxygens (including phenoxy) is 2. The number of methoxy groups -OCH3 is 2. The lowest BCUT2D eigenvalue weighted by Gasteiger charge is -2.30. The van der Waals surface area contributed by atoms with Crippen LogP contribution in [0.25, 0.3) is 0 Å². The molecule has 5 heteroatoms. The molecule has 0 saturated heterocycles. The second kappa shape index (κ2) is 7.14. The van der Waals surface area contributed by atoms with Crippen LogP contribution in [0, 0.1) is 11.6 Å². The monoisotopic (exact) mass is 356 g/mol. The van der Waals surface area contributed by atoms with Crippen molar-refractivity contribution in [3.63, 3.8) is 0 Å². The van der Waals surface area contributed by atoms with E-state index < -0.39 is 17.2 Å². The van der Waals surface area contributed by atoms with E-state index in [2.05, 4.69) is 0 Å². The van der Waals surface area contributed by atoms with Crippen LogP contribution in [0.1, 0.15) is 16.7 Å². The van der Waals surface area contributed by atoms with Crippen LogP contribution in [-0.2, 0) is 5.60 Å². The molecule has 0 aliphatic carbocycles. The molecule has 0 unspecified atom stereocenters. The smallest absolute Gasteiger partial charge is 0.165 e. The van der Waals surface area contributed by atoms with E-state index in [0.717, 1.165) is 0 Å². The average molecular weight is 356 g/mol. The average Bonchev–Trinajstić information content (AvgIpc) is 2.67. The van der Waals surface area contributed by atoms with Crippen LogP contribution in [0.4, 0.5) is 8.78 Å². The molecule has 3 aromatic rings. The number of hydrogen-bond donors (Lipinski definition) is 1. The number of rotatable bonds is 5. The van der Waals surface area contributed by atoms with Gasteiger partial charge >= 0.3 is 0 Å². The Morgan fingerprint density at radius 1 is 0.692 bits per heavy atom. The van der Waals surface area contributed by atoms with Crippen molar-refractivity contribution < 1.29 is 23.4 Å². The minimum absolute atomic E-state index is 0.0603. The van der Waals surface area contributed by atoms with Gasteiger partial charge in [-0.15, -0.1) is 0 Å². The summed E-state index contributed by atoms with van der Waals surface area (Å²) in [5.41, 5.74) is -0.756. The van der Waals surface area contributed by atoms with Gasteiger partial charge in [0.15, 0.2) is 23.1 Å². The first-order valence-electron chi connectivity index (χ1n) is 7.96. The largest absolute Gasteiger partial charge is 0.494 e. The van der Waals surface area contributed by atoms with E-state index in [1.807, 2.05) is 0 Å². The molecule has 0 aliphatic heterocycles. The summed E-state index contributed by atoms with van der Waals surface area (Å²) in [5.74, 6) is -1.11. The van der Waals surface area contributed by atoms with Crippen molar-refractivity contribution >= 4 is 0 Å². The molecule has 0 amide bonds. The zero-order chi connectivity index (χ0) is 18.7. The molecule has 0 aromatic heterocycles. The molecule has 0 bridgehead atoms. The van der Waals surface area contributed by atoms with Crippen LogP contribution < -0.4 is 9.47 Å². The fourth-order valence-electron chi connectivity index (χ4n) is 2.96. The summed E-state index contributed by atoms with van der Waals surface area (Å²) in [7, 11) is 2.72. The summed E-state index contributed by atoms with van der Waals surface area (Å²) >= 11 is 0. The van der Waals surface area contributed by atoms with Crippen molar-refractivity contribution in [1.82, 2.24) is 0 Å². The maximum absolute atomic E-state index is 14.3. The zero-order valence-electron chi connectivity index (χ0n) is 14.4. The summed E-state index contributed by atoms with van der Waals surface area (Å²) in [6.07, 6.45) is 0. The first kappa shape index (κ1) is 17.9. The van der Waals surface area contributed by atoms with Crippen molar-refractivity contribution in [1.29, 1.82) is 0 Å². The van der Waals surface area contributed by atoms with Crippen molar-refractivity contribution in [2.45, 2.75) is 5.60 Å². The number of benzene rings is 3. The standard InChI is InChI=1S/C21H18F2O3/c1-25-19-10-8-15(12-17(19)22)21(24,14-6-4-3-5-7-14)16-9-11-20(26-2)18(23)13-16/h3-13,24H,1-2H3. The van der Waals surface area contributed by atoms with E-state index in [4.69, 9.17) is 9.47 Å². The van der Waals surface area contributed by atoms with Gasteiger partial charge in [0, 0.05) is 0 Å². The second-order valence-corrected chi connectivity index (χ2v) is 5.78. The summed E-state index contributed by atoms with van der Waals surface area (Å²) in [6, 6.07) is 17.0. The third kappa shape index (κ3) is 3.02. The molecular weight excluding hydrogens is 338 g/mol. The van der Waals surface area contributed by atoms with Crippen LogP contribution in [0.15, 0.2) is 66.7 Å². The maximum Gasteiger partial charge on any atom is 0.165 e. The quantitative estimate of drug-likeness (QED) is 0.694. The van der Waals surface area contributed by atoms with E-state index in [9.17, 15) is 13.9 Å². The Hall–Kier alpha value is -2.92. The normalized spacial score (nSPS) is 11.3. The fourth-order valence-corrected chi connectivity index (χ4v) is 2.96. The van der Waals surface area contributed by atoms with Gasteiger partial charge in [-0.05, 0) is 41.0 Å². The van der Waals surface area contributed by atoms with E-state index in [0.29, 0.717) is 5.56 Å². The third-order valence-electron chi connectivity index (χ3n) is 4.33. The number of hydrogen-bond acceptors (Lipinski definition) is 3. The van der Waals surface area contributed by atoms with E-state index >= 15 is 0 Å². The third-order valence-corrected chi connectivity index (χ3v) is 4.33. The molecule has 0 saturated carbocycles. The van der Waals surface area contributed by atoms with Gasteiger partial charge in [-0.3, -0.25) is 0 Å². The molecule has 0 fully saturated rings. The van der Waals surface area contributed by atoms with E-state index in [-0.39, 0.29) is 22.6 Å². The van der Waals surface area contributed by atoms with Crippen LogP contribution in [0.3, 0.4) is 0 Å². The lowest BCUT2D eigenvalue weighted by molar-refractivity contribution is 0.124. The Bertz CT molecular complexity index is 857. The first-order chi connectivity index (χ1) is 12.5. The van der Waals surface area contributed by atoms with Crippen molar-refractivity contribution in [2.75, 3.05) is 14.2 Å². The molecular formula is C21H18F2O3. The highest BCUT2D eigenvalue weighted by Gasteiger charge is 2.35. The number of halogens is 2. The Labute approximate surface area is 150 Å². The zero-order valence-corrected chi connectivity index (χ0v) is 14.4. The summed E-state index contributed by atoms with van der Waals surface area (Å²) in [4.78, 5) is 0. The maximum atomic E-state index is 14.3. The highest BCUT2D eigenvalue weighted by molar-refractivity contribution is 5.49. The van der Waals surface area contributed by atoms with Gasteiger partial charge in [0.05, 0.1) is 14.2 Å². The summed E-state index contributed by atoms with van der Waals surface area (Å²) < 4.78 is 38.4. The van der Waals surface area contributed by atoms with Crippen LogP contribution in [0.5, 0.6) is 11.5 Å². The van der Waals surface area contributed by atoms with E-state index in [1.165, 1.54) is 38.5 Å². The van der Waals surface area contributed by atoms with Crippen molar-refractivity contribution in [2.24, 2.45) is 0 Å². The molecule has 3 rings (SSSR count). The van der Waals surface area contributed by atoms with Crippen molar-refractivity contribution in [3.05, 3.63) is 95.1 Å². The molecule has 1 N–H and O–H groups in total. The molecule has 0 atom stereocenters. The van der Waals surface area contributed by atoms with Gasteiger partial charge in [0.1, 0.15) is 5.60 Å². The molecule has 0 heterocycles. The molecule has 0 spiro atoms.